The molecule has 1 rings (SSSR count). The summed E-state index contributed by atoms with van der Waals surface area (Å²) in [5, 5.41) is -0.0289. The first-order valence-corrected chi connectivity index (χ1v) is 4.52. The summed E-state index contributed by atoms with van der Waals surface area (Å²) in [5.74, 6) is 0. The predicted molar refractivity (Wildman–Crippen MR) is 40.8 cm³/mol. The molecule has 10 heavy (non-hydrogen) atoms. The molecule has 4 heteroatoms. The largest absolute Gasteiger partial charge is 0.772 e. The molecule has 0 aliphatic heterocycles. The lowest BCUT2D eigenvalue weighted by atomic mass is 10.0. The molecule has 0 aromatic rings. The van der Waals surface area contributed by atoms with Crippen LogP contribution in [0.25, 0.3) is 0 Å². The van der Waals surface area contributed by atoms with Crippen molar-refractivity contribution in [2.24, 2.45) is 0 Å². The van der Waals surface area contributed by atoms with Crippen molar-refractivity contribution in [1.82, 2.24) is 6.15 Å². The molecule has 0 bridgehead atoms. The van der Waals surface area contributed by atoms with Gasteiger partial charge < -0.3 is 10.7 Å². The Bertz CT molecular complexity index is 112. The highest BCUT2D eigenvalue weighted by atomic mass is 32.2. The average molecular weight is 164 g/mol. The van der Waals surface area contributed by atoms with E-state index < -0.39 is 11.1 Å². The van der Waals surface area contributed by atoms with Crippen molar-refractivity contribution in [3.63, 3.8) is 0 Å². The molecule has 1 aliphatic rings. The van der Waals surface area contributed by atoms with Gasteiger partial charge in [0.2, 0.25) is 0 Å². The van der Waals surface area contributed by atoms with Crippen molar-refractivity contribution >= 4 is 11.1 Å². The van der Waals surface area contributed by atoms with Crippen LogP contribution in [0.15, 0.2) is 0 Å². The van der Waals surface area contributed by atoms with Crippen molar-refractivity contribution in [2.45, 2.75) is 37.4 Å². The molecule has 0 spiro atoms. The van der Waals surface area contributed by atoms with Gasteiger partial charge in [0.1, 0.15) is 0 Å². The third-order valence-electron chi connectivity index (χ3n) is 1.82. The van der Waals surface area contributed by atoms with Crippen molar-refractivity contribution < 1.29 is 8.76 Å². The summed E-state index contributed by atoms with van der Waals surface area (Å²) in [4.78, 5) is 0. The monoisotopic (exact) mass is 164 g/mol. The summed E-state index contributed by atoms with van der Waals surface area (Å²) in [7, 11) is 0. The molecular weight excluding hydrogens is 150 g/mol. The first kappa shape index (κ1) is 10.1. The molecule has 3 nitrogen and oxygen atoms in total. The quantitative estimate of drug-likeness (QED) is 0.594. The van der Waals surface area contributed by atoms with Crippen molar-refractivity contribution in [3.8, 4) is 0 Å². The average Bonchev–Trinajstić information content (AvgIpc) is 1.90. The standard InChI is InChI=1S/C6H12O2S.H3N/c7-9(8)6-4-2-1-3-5-6;/h6H,1-5H2,(H,7,8);1H3/p-1. The van der Waals surface area contributed by atoms with Crippen LogP contribution >= 0.6 is 0 Å². The minimum Gasteiger partial charge on any atom is -0.772 e. The molecule has 1 atom stereocenters. The van der Waals surface area contributed by atoms with Crippen LogP contribution in [0.1, 0.15) is 32.1 Å². The third-order valence-corrected chi connectivity index (χ3v) is 2.84. The summed E-state index contributed by atoms with van der Waals surface area (Å²) < 4.78 is 20.7. The van der Waals surface area contributed by atoms with Gasteiger partial charge >= 0.3 is 0 Å². The van der Waals surface area contributed by atoms with Gasteiger partial charge in [-0.25, -0.2) is 0 Å². The maximum atomic E-state index is 10.4. The first-order valence-electron chi connectivity index (χ1n) is 3.39. The van der Waals surface area contributed by atoms with Gasteiger partial charge in [-0.15, -0.1) is 0 Å². The van der Waals surface area contributed by atoms with Crippen LogP contribution in [0.4, 0.5) is 0 Å². The van der Waals surface area contributed by atoms with E-state index in [4.69, 9.17) is 0 Å². The van der Waals surface area contributed by atoms with Gasteiger partial charge in [-0.2, -0.15) is 0 Å². The SMILES string of the molecule is N.O=S([O-])C1CCCCC1. The molecule has 0 aromatic carbocycles. The van der Waals surface area contributed by atoms with Crippen LogP contribution in [0.5, 0.6) is 0 Å². The van der Waals surface area contributed by atoms with Crippen molar-refractivity contribution in [1.29, 1.82) is 0 Å². The Morgan fingerprint density at radius 2 is 1.70 bits per heavy atom. The van der Waals surface area contributed by atoms with E-state index in [1.165, 1.54) is 6.42 Å². The van der Waals surface area contributed by atoms with Crippen LogP contribution in [0, 0.1) is 0 Å². The van der Waals surface area contributed by atoms with E-state index in [0.29, 0.717) is 0 Å². The van der Waals surface area contributed by atoms with Crippen LogP contribution in [-0.2, 0) is 11.1 Å². The molecule has 1 saturated carbocycles. The Kier molecular flexibility index (Phi) is 4.85. The molecule has 1 fully saturated rings. The smallest absolute Gasteiger partial charge is 0.0215 e. The fraction of sp³-hybridized carbons (Fsp3) is 1.00. The highest BCUT2D eigenvalue weighted by Crippen LogP contribution is 2.20. The van der Waals surface area contributed by atoms with Gasteiger partial charge in [-0.1, -0.05) is 30.3 Å². The predicted octanol–water partition coefficient (Wildman–Crippen LogP) is 1.36. The Labute approximate surface area is 64.1 Å². The summed E-state index contributed by atoms with van der Waals surface area (Å²) in [5.41, 5.74) is 0. The molecule has 62 valence electrons. The van der Waals surface area contributed by atoms with Crippen LogP contribution < -0.4 is 6.15 Å². The Morgan fingerprint density at radius 1 is 1.20 bits per heavy atom. The van der Waals surface area contributed by atoms with Gasteiger partial charge in [-0.3, -0.25) is 4.21 Å². The molecule has 1 unspecified atom stereocenters. The summed E-state index contributed by atoms with van der Waals surface area (Å²) in [6.45, 7) is 0. The van der Waals surface area contributed by atoms with Crippen LogP contribution in [-0.4, -0.2) is 14.0 Å². The molecule has 1 aliphatic carbocycles. The van der Waals surface area contributed by atoms with Gasteiger partial charge in [0.05, 0.1) is 0 Å². The maximum absolute atomic E-state index is 10.4. The summed E-state index contributed by atoms with van der Waals surface area (Å²) in [6, 6.07) is 0. The van der Waals surface area contributed by atoms with Gasteiger partial charge in [-0.05, 0) is 12.8 Å². The molecule has 0 heterocycles. The Morgan fingerprint density at radius 3 is 2.00 bits per heavy atom. The second kappa shape index (κ2) is 4.82. The maximum Gasteiger partial charge on any atom is 0.0215 e. The topological polar surface area (TPSA) is 75.1 Å². The zero-order valence-electron chi connectivity index (χ0n) is 6.04. The van der Waals surface area contributed by atoms with E-state index in [2.05, 4.69) is 0 Å². The van der Waals surface area contributed by atoms with E-state index in [-0.39, 0.29) is 11.4 Å². The highest BCUT2D eigenvalue weighted by molar-refractivity contribution is 7.79. The van der Waals surface area contributed by atoms with Crippen molar-refractivity contribution in [3.05, 3.63) is 0 Å². The van der Waals surface area contributed by atoms with E-state index in [0.717, 1.165) is 25.7 Å². The van der Waals surface area contributed by atoms with Gasteiger partial charge in [0.15, 0.2) is 0 Å². The normalized spacial score (nSPS) is 23.3. The summed E-state index contributed by atoms with van der Waals surface area (Å²) in [6.07, 6.45) is 5.18. The van der Waals surface area contributed by atoms with E-state index >= 15 is 0 Å². The van der Waals surface area contributed by atoms with Crippen LogP contribution in [0.2, 0.25) is 0 Å². The summed E-state index contributed by atoms with van der Waals surface area (Å²) >= 11 is -1.80. The Hall–Kier alpha value is 0.0700. The first-order chi connectivity index (χ1) is 4.30. The number of rotatable bonds is 1. The second-order valence-corrected chi connectivity index (χ2v) is 3.71. The lowest BCUT2D eigenvalue weighted by Crippen LogP contribution is -2.17. The molecule has 0 radical (unpaired) electrons. The number of hydrogen-bond donors (Lipinski definition) is 1. The van der Waals surface area contributed by atoms with E-state index in [1.807, 2.05) is 0 Å². The lowest BCUT2D eigenvalue weighted by molar-refractivity contribution is 0.461. The molecule has 3 N–H and O–H groups in total. The van der Waals surface area contributed by atoms with Crippen molar-refractivity contribution in [2.75, 3.05) is 0 Å². The molecule has 0 aromatic heterocycles. The Balaban J connectivity index is 0.000000810. The fourth-order valence-electron chi connectivity index (χ4n) is 1.26. The van der Waals surface area contributed by atoms with Crippen LogP contribution in [0.3, 0.4) is 0 Å². The fourth-order valence-corrected chi connectivity index (χ4v) is 1.98. The highest BCUT2D eigenvalue weighted by Gasteiger charge is 2.12. The van der Waals surface area contributed by atoms with E-state index in [1.54, 1.807) is 0 Å². The molecule has 0 saturated heterocycles. The molecule has 0 amide bonds. The van der Waals surface area contributed by atoms with Gasteiger partial charge in [0.25, 0.3) is 0 Å². The minimum atomic E-state index is -1.80. The van der Waals surface area contributed by atoms with E-state index in [9.17, 15) is 8.76 Å². The second-order valence-electron chi connectivity index (χ2n) is 2.52. The zero-order chi connectivity index (χ0) is 6.69. The zero-order valence-corrected chi connectivity index (χ0v) is 6.86. The third kappa shape index (κ3) is 2.77. The van der Waals surface area contributed by atoms with Gasteiger partial charge in [0, 0.05) is 5.25 Å². The minimum absolute atomic E-state index is 0. The number of hydrogen-bond acceptors (Lipinski definition) is 3. The molecular formula is C6H14NO2S-. The lowest BCUT2D eigenvalue weighted by Gasteiger charge is -2.23.